The number of carboxylic acid groups (broad SMARTS) is 1. The van der Waals surface area contributed by atoms with Crippen LogP contribution < -0.4 is 10.6 Å². The molecule has 2 saturated heterocycles. The topological polar surface area (TPSA) is 143 Å². The molecular weight excluding hydrogens is 770 g/mol. The summed E-state index contributed by atoms with van der Waals surface area (Å²) in [7, 11) is 0. The molecule has 0 aliphatic carbocycles. The van der Waals surface area contributed by atoms with Gasteiger partial charge in [-0.15, -0.1) is 0 Å². The molecule has 1 atom stereocenters. The number of carbonyl (C=O) groups is 4. The normalized spacial score (nSPS) is 17.6. The molecule has 50 heavy (non-hydrogen) atoms. The van der Waals surface area contributed by atoms with Gasteiger partial charge in [-0.2, -0.15) is 0 Å². The number of urea groups is 2. The molecule has 0 unspecified atom stereocenters. The van der Waals surface area contributed by atoms with Crippen molar-refractivity contribution < 1.29 is 29.4 Å². The monoisotopic (exact) mass is 809 g/mol. The molecule has 0 aromatic heterocycles. The minimum Gasteiger partial charge on any atom is -0.506 e. The molecule has 0 radical (unpaired) electrons. The van der Waals surface area contributed by atoms with Crippen molar-refractivity contribution in [2.24, 2.45) is 5.92 Å². The number of phenols is 1. The van der Waals surface area contributed by atoms with Crippen LogP contribution in [0.5, 0.6) is 5.75 Å². The number of benzene rings is 3. The summed E-state index contributed by atoms with van der Waals surface area (Å²) < 4.78 is 0.980. The van der Waals surface area contributed by atoms with E-state index in [1.807, 2.05) is 46.2 Å². The third-order valence-electron chi connectivity index (χ3n) is 10.1. The molecule has 3 aromatic rings. The first kappa shape index (κ1) is 35.7. The fourth-order valence-corrected chi connectivity index (χ4v) is 8.44. The zero-order chi connectivity index (χ0) is 35.4. The number of anilines is 1. The number of aryl methyl sites for hydroxylation is 1. The first-order valence-corrected chi connectivity index (χ1v) is 18.6. The predicted molar refractivity (Wildman–Crippen MR) is 196 cm³/mol. The number of amides is 5. The van der Waals surface area contributed by atoms with E-state index in [1.54, 1.807) is 29.2 Å². The molecule has 11 nitrogen and oxygen atoms in total. The van der Waals surface area contributed by atoms with E-state index < -0.39 is 12.0 Å². The standard InChI is InChI=1S/C37H41Br2N5O6/c38-29-19-25(20-30(39)33(29)45)21-32(34(46)42-15-11-24(12-16-42)6-5-23-7-9-26(10-8-23)35(47)48)41-36(49)43-17-13-28(14-18-43)44-22-27-3-1-2-4-31(27)40-37(44)50/h1-4,7-10,19-20,24,28,32,45H,5-6,11-18,21-22H2,(H,40,50)(H,41,49)(H,47,48)/t32-/m1/s1. The Hall–Kier alpha value is -4.10. The molecule has 3 aromatic carbocycles. The van der Waals surface area contributed by atoms with Gasteiger partial charge in [0.25, 0.3) is 0 Å². The minimum atomic E-state index is -0.937. The van der Waals surface area contributed by atoms with Gasteiger partial charge in [0, 0.05) is 50.9 Å². The Balaban J connectivity index is 1.06. The maximum Gasteiger partial charge on any atom is 0.335 e. The maximum atomic E-state index is 14.0. The number of hydrogen-bond acceptors (Lipinski definition) is 5. The van der Waals surface area contributed by atoms with Gasteiger partial charge in [-0.25, -0.2) is 14.4 Å². The van der Waals surface area contributed by atoms with E-state index in [0.29, 0.717) is 60.4 Å². The smallest absolute Gasteiger partial charge is 0.335 e. The lowest BCUT2D eigenvalue weighted by molar-refractivity contribution is -0.134. The summed E-state index contributed by atoms with van der Waals surface area (Å²) in [5.74, 6) is -0.574. The molecule has 6 rings (SSSR count). The number of hydrogen-bond donors (Lipinski definition) is 4. The zero-order valence-corrected chi connectivity index (χ0v) is 30.8. The minimum absolute atomic E-state index is 0.00179. The van der Waals surface area contributed by atoms with Gasteiger partial charge in [-0.05, 0) is 123 Å². The van der Waals surface area contributed by atoms with Gasteiger partial charge in [0.15, 0.2) is 0 Å². The van der Waals surface area contributed by atoms with E-state index in [9.17, 15) is 24.3 Å². The van der Waals surface area contributed by atoms with Crippen molar-refractivity contribution >= 4 is 61.5 Å². The number of phenolic OH excluding ortho intramolecular Hbond substituents is 1. The van der Waals surface area contributed by atoms with Gasteiger partial charge in [-0.3, -0.25) is 4.79 Å². The Labute approximate surface area is 308 Å². The second-order valence-electron chi connectivity index (χ2n) is 13.4. The number of nitrogens with one attached hydrogen (secondary N) is 2. The highest BCUT2D eigenvalue weighted by molar-refractivity contribution is 9.11. The van der Waals surface area contributed by atoms with Gasteiger partial charge in [0.1, 0.15) is 11.8 Å². The lowest BCUT2D eigenvalue weighted by Gasteiger charge is -2.41. The molecule has 3 aliphatic rings. The van der Waals surface area contributed by atoms with E-state index >= 15 is 0 Å². The van der Waals surface area contributed by atoms with Crippen molar-refractivity contribution in [3.63, 3.8) is 0 Å². The van der Waals surface area contributed by atoms with Crippen LogP contribution >= 0.6 is 31.9 Å². The first-order chi connectivity index (χ1) is 24.0. The lowest BCUT2D eigenvalue weighted by Crippen LogP contribution is -2.57. The van der Waals surface area contributed by atoms with Gasteiger partial charge < -0.3 is 35.5 Å². The Morgan fingerprint density at radius 3 is 2.18 bits per heavy atom. The fraction of sp³-hybridized carbons (Fsp3) is 0.405. The largest absolute Gasteiger partial charge is 0.506 e. The van der Waals surface area contributed by atoms with E-state index in [2.05, 4.69) is 42.5 Å². The average Bonchev–Trinajstić information content (AvgIpc) is 3.12. The molecule has 4 N–H and O–H groups in total. The number of piperidine rings is 2. The second kappa shape index (κ2) is 15.8. The van der Waals surface area contributed by atoms with E-state index in [0.717, 1.165) is 48.1 Å². The number of nitrogens with zero attached hydrogens (tertiary/aromatic N) is 3. The van der Waals surface area contributed by atoms with Crippen LogP contribution in [-0.4, -0.2) is 87.1 Å². The van der Waals surface area contributed by atoms with E-state index in [1.165, 1.54) is 0 Å². The van der Waals surface area contributed by atoms with Crippen molar-refractivity contribution in [2.75, 3.05) is 31.5 Å². The van der Waals surface area contributed by atoms with Crippen molar-refractivity contribution in [3.8, 4) is 5.75 Å². The highest BCUT2D eigenvalue weighted by Crippen LogP contribution is 2.34. The number of rotatable bonds is 9. The number of carboxylic acids is 1. The molecule has 0 bridgehead atoms. The molecule has 264 valence electrons. The van der Waals surface area contributed by atoms with Crippen molar-refractivity contribution in [1.29, 1.82) is 0 Å². The Morgan fingerprint density at radius 2 is 1.52 bits per heavy atom. The summed E-state index contributed by atoms with van der Waals surface area (Å²) in [6, 6.07) is 17.0. The molecule has 5 amide bonds. The summed E-state index contributed by atoms with van der Waals surface area (Å²) in [6.45, 7) is 2.63. The van der Waals surface area contributed by atoms with E-state index in [-0.39, 0.29) is 41.7 Å². The number of aromatic carboxylic acids is 1. The van der Waals surface area contributed by atoms with Crippen LogP contribution in [0.3, 0.4) is 0 Å². The van der Waals surface area contributed by atoms with Crippen LogP contribution in [0.15, 0.2) is 69.6 Å². The predicted octanol–water partition coefficient (Wildman–Crippen LogP) is 6.62. The highest BCUT2D eigenvalue weighted by atomic mass is 79.9. The number of carbonyl (C=O) groups excluding carboxylic acids is 3. The number of likely N-dealkylation sites (tertiary alicyclic amines) is 2. The van der Waals surface area contributed by atoms with Gasteiger partial charge in [-0.1, -0.05) is 30.3 Å². The molecule has 3 aliphatic heterocycles. The maximum absolute atomic E-state index is 14.0. The summed E-state index contributed by atoms with van der Waals surface area (Å²) in [4.78, 5) is 57.2. The Bertz CT molecular complexity index is 1720. The number of aromatic hydroxyl groups is 1. The third kappa shape index (κ3) is 8.43. The quantitative estimate of drug-likeness (QED) is 0.192. The molecule has 0 saturated carbocycles. The average molecular weight is 812 g/mol. The van der Waals surface area contributed by atoms with Gasteiger partial charge in [0.05, 0.1) is 14.5 Å². The van der Waals surface area contributed by atoms with Crippen molar-refractivity contribution in [2.45, 2.75) is 63.6 Å². The summed E-state index contributed by atoms with van der Waals surface area (Å²) in [5, 5.41) is 25.4. The Kier molecular flexibility index (Phi) is 11.3. The van der Waals surface area contributed by atoms with Crippen LogP contribution in [0.4, 0.5) is 15.3 Å². The van der Waals surface area contributed by atoms with Crippen molar-refractivity contribution in [3.05, 3.63) is 91.9 Å². The molecule has 0 spiro atoms. The summed E-state index contributed by atoms with van der Waals surface area (Å²) in [6.07, 6.45) is 5.00. The SMILES string of the molecule is O=C(O)c1ccc(CCC2CCN(C(=O)[C@@H](Cc3cc(Br)c(O)c(Br)c3)NC(=O)N3CCC(N4Cc5ccccc5NC4=O)CC3)CC2)cc1. The van der Waals surface area contributed by atoms with Crippen LogP contribution in [0.2, 0.25) is 0 Å². The second-order valence-corrected chi connectivity index (χ2v) is 15.1. The lowest BCUT2D eigenvalue weighted by atomic mass is 9.90. The third-order valence-corrected chi connectivity index (χ3v) is 11.3. The zero-order valence-electron chi connectivity index (χ0n) is 27.6. The van der Waals surface area contributed by atoms with Crippen molar-refractivity contribution in [1.82, 2.24) is 20.0 Å². The number of halogens is 2. The van der Waals surface area contributed by atoms with Crippen LogP contribution in [0, 0.1) is 5.92 Å². The fourth-order valence-electron chi connectivity index (χ4n) is 7.16. The van der Waals surface area contributed by atoms with Crippen LogP contribution in [0.25, 0.3) is 0 Å². The van der Waals surface area contributed by atoms with Gasteiger partial charge >= 0.3 is 18.0 Å². The molecule has 3 heterocycles. The summed E-state index contributed by atoms with van der Waals surface area (Å²) in [5.41, 5.74) is 4.05. The van der Waals surface area contributed by atoms with Crippen LogP contribution in [0.1, 0.15) is 59.2 Å². The van der Waals surface area contributed by atoms with E-state index in [4.69, 9.17) is 5.11 Å². The summed E-state index contributed by atoms with van der Waals surface area (Å²) >= 11 is 6.77. The number of para-hydroxylation sites is 1. The van der Waals surface area contributed by atoms with Crippen LogP contribution in [-0.2, 0) is 24.2 Å². The highest BCUT2D eigenvalue weighted by Gasteiger charge is 2.35. The molecular formula is C37H41Br2N5O6. The Morgan fingerprint density at radius 1 is 0.880 bits per heavy atom. The first-order valence-electron chi connectivity index (χ1n) is 17.0. The molecule has 13 heteroatoms. The number of fused-ring (bicyclic) bond motifs is 1. The molecule has 2 fully saturated rings. The van der Waals surface area contributed by atoms with Gasteiger partial charge in [0.2, 0.25) is 5.91 Å².